The van der Waals surface area contributed by atoms with Gasteiger partial charge >= 0.3 is 0 Å². The number of aromatic nitrogens is 4. The fraction of sp³-hybridized carbons (Fsp3) is 0.826. The average molecular weight is 431 g/mol. The van der Waals surface area contributed by atoms with Crippen LogP contribution in [0.25, 0.3) is 0 Å². The summed E-state index contributed by atoms with van der Waals surface area (Å²) in [6.45, 7) is 2.62. The Hall–Kier alpha value is -1.45. The van der Waals surface area contributed by atoms with Gasteiger partial charge in [-0.3, -0.25) is 4.79 Å². The van der Waals surface area contributed by atoms with Crippen molar-refractivity contribution in [3.05, 3.63) is 6.33 Å². The number of aliphatic hydroxyl groups is 1. The highest BCUT2D eigenvalue weighted by atomic mass is 35.5. The van der Waals surface area contributed by atoms with E-state index in [2.05, 4.69) is 33.6 Å². The summed E-state index contributed by atoms with van der Waals surface area (Å²) in [7, 11) is 0. The first kappa shape index (κ1) is 20.5. The third kappa shape index (κ3) is 3.29. The van der Waals surface area contributed by atoms with E-state index in [-0.39, 0.29) is 23.7 Å². The predicted octanol–water partition coefficient (Wildman–Crippen LogP) is 3.44. The molecule has 0 saturated heterocycles. The van der Waals surface area contributed by atoms with Gasteiger partial charge in [0.15, 0.2) is 12.1 Å². The Morgan fingerprint density at radius 1 is 1.17 bits per heavy atom. The molecule has 0 amide bonds. The average Bonchev–Trinajstić information content (AvgIpc) is 3.34. The van der Waals surface area contributed by atoms with Crippen molar-refractivity contribution < 1.29 is 9.90 Å². The Balaban J connectivity index is 1.31. The predicted molar refractivity (Wildman–Crippen MR) is 112 cm³/mol. The highest BCUT2D eigenvalue weighted by Crippen LogP contribution is 2.64. The van der Waals surface area contributed by atoms with Crippen LogP contribution < -0.4 is 0 Å². The van der Waals surface area contributed by atoms with Crippen LogP contribution in [0.2, 0.25) is 0 Å². The molecule has 8 unspecified atom stereocenters. The first-order chi connectivity index (χ1) is 14.4. The summed E-state index contributed by atoms with van der Waals surface area (Å²) in [6, 6.07) is 0. The van der Waals surface area contributed by atoms with E-state index in [0.717, 1.165) is 50.4 Å². The molecule has 7 heteroatoms. The minimum absolute atomic E-state index is 0.102. The van der Waals surface area contributed by atoms with Crippen LogP contribution in [0.3, 0.4) is 0 Å². The highest BCUT2D eigenvalue weighted by Gasteiger charge is 2.58. The van der Waals surface area contributed by atoms with Crippen LogP contribution in [-0.4, -0.2) is 36.7 Å². The number of rotatable bonds is 3. The molecular formula is C23H31ClN4O2. The highest BCUT2D eigenvalue weighted by molar-refractivity contribution is 6.30. The van der Waals surface area contributed by atoms with Crippen molar-refractivity contribution in [2.24, 2.45) is 40.9 Å². The summed E-state index contributed by atoms with van der Waals surface area (Å²) in [4.78, 5) is 14.5. The zero-order valence-corrected chi connectivity index (χ0v) is 18.4. The van der Waals surface area contributed by atoms with Gasteiger partial charge in [0, 0.05) is 11.3 Å². The molecule has 0 bridgehead atoms. The summed E-state index contributed by atoms with van der Waals surface area (Å²) in [6.07, 6.45) is 10.9. The normalized spacial score (nSPS) is 44.9. The number of Topliss-reactive ketones (excluding diaryl/α,β-unsaturated/α-hetero) is 1. The number of carbonyl (C=O) groups is 1. The van der Waals surface area contributed by atoms with Crippen LogP contribution in [0.15, 0.2) is 6.33 Å². The Labute approximate surface area is 183 Å². The zero-order chi connectivity index (χ0) is 20.9. The first-order valence-electron chi connectivity index (χ1n) is 11.5. The van der Waals surface area contributed by atoms with Crippen molar-refractivity contribution in [2.45, 2.75) is 76.9 Å². The third-order valence-electron chi connectivity index (χ3n) is 9.37. The number of hydrogen-bond donors (Lipinski definition) is 1. The maximum absolute atomic E-state index is 13.1. The lowest BCUT2D eigenvalue weighted by Gasteiger charge is -2.56. The van der Waals surface area contributed by atoms with Crippen molar-refractivity contribution in [1.82, 2.24) is 20.2 Å². The molecule has 0 aromatic carbocycles. The van der Waals surface area contributed by atoms with Gasteiger partial charge in [0.05, 0.1) is 0 Å². The van der Waals surface area contributed by atoms with E-state index in [9.17, 15) is 9.90 Å². The molecule has 1 N–H and O–H groups in total. The lowest BCUT2D eigenvalue weighted by Crippen LogP contribution is -2.51. The van der Waals surface area contributed by atoms with E-state index in [0.29, 0.717) is 17.8 Å². The summed E-state index contributed by atoms with van der Waals surface area (Å²) < 4.78 is 0. The number of hydrogen-bond acceptors (Lipinski definition) is 5. The van der Waals surface area contributed by atoms with Crippen molar-refractivity contribution in [3.63, 3.8) is 0 Å². The molecule has 6 nitrogen and oxygen atoms in total. The second kappa shape index (κ2) is 7.60. The van der Waals surface area contributed by atoms with Crippen molar-refractivity contribution in [2.75, 3.05) is 0 Å². The Kier molecular flexibility index (Phi) is 5.18. The maximum atomic E-state index is 13.1. The SMILES string of the molecule is CC12CCC3C4CCC(O)(C#CCl)CC4CCC3C1CCC2C(=O)Cn1ncnn1. The van der Waals surface area contributed by atoms with E-state index in [1.165, 1.54) is 30.4 Å². The van der Waals surface area contributed by atoms with Gasteiger partial charge in [-0.25, -0.2) is 0 Å². The van der Waals surface area contributed by atoms with Gasteiger partial charge in [-0.15, -0.1) is 10.2 Å². The summed E-state index contributed by atoms with van der Waals surface area (Å²) >= 11 is 5.61. The molecule has 1 aromatic heterocycles. The van der Waals surface area contributed by atoms with Gasteiger partial charge < -0.3 is 5.11 Å². The van der Waals surface area contributed by atoms with Gasteiger partial charge in [-0.05, 0) is 110 Å². The van der Waals surface area contributed by atoms with Crippen LogP contribution in [0.1, 0.15) is 64.7 Å². The molecule has 162 valence electrons. The molecule has 1 heterocycles. The first-order valence-corrected chi connectivity index (χ1v) is 11.9. The number of fused-ring (bicyclic) bond motifs is 5. The zero-order valence-electron chi connectivity index (χ0n) is 17.6. The van der Waals surface area contributed by atoms with Crippen LogP contribution in [-0.2, 0) is 11.3 Å². The Bertz CT molecular complexity index is 864. The van der Waals surface area contributed by atoms with Crippen LogP contribution in [0.5, 0.6) is 0 Å². The Morgan fingerprint density at radius 3 is 2.77 bits per heavy atom. The second-order valence-electron chi connectivity index (χ2n) is 10.5. The Morgan fingerprint density at radius 2 is 2.00 bits per heavy atom. The summed E-state index contributed by atoms with van der Waals surface area (Å²) in [5, 5.41) is 24.9. The van der Waals surface area contributed by atoms with Crippen LogP contribution in [0, 0.1) is 52.2 Å². The lowest BCUT2D eigenvalue weighted by molar-refractivity contribution is -0.132. The van der Waals surface area contributed by atoms with Crippen molar-refractivity contribution >= 4 is 17.4 Å². The molecule has 30 heavy (non-hydrogen) atoms. The second-order valence-corrected chi connectivity index (χ2v) is 10.7. The van der Waals surface area contributed by atoms with Crippen molar-refractivity contribution in [1.29, 1.82) is 0 Å². The largest absolute Gasteiger partial charge is 0.378 e. The molecule has 4 aliphatic carbocycles. The standard InChI is InChI=1S/C23H31ClN4O2/c1-22-8-6-17-16-7-9-23(30,10-11-24)12-15(16)2-3-18(17)19(22)4-5-20(22)21(29)13-28-26-14-25-27-28/h14-20,30H,2-9,12-13H2,1H3. The number of halogens is 1. The fourth-order valence-electron chi connectivity index (χ4n) is 8.12. The molecule has 1 aromatic rings. The third-order valence-corrected chi connectivity index (χ3v) is 9.46. The lowest BCUT2D eigenvalue weighted by atomic mass is 9.49. The monoisotopic (exact) mass is 430 g/mol. The molecule has 5 rings (SSSR count). The van der Waals surface area contributed by atoms with E-state index in [4.69, 9.17) is 11.6 Å². The van der Waals surface area contributed by atoms with Crippen molar-refractivity contribution in [3.8, 4) is 11.3 Å². The van der Waals surface area contributed by atoms with E-state index < -0.39 is 5.60 Å². The number of carbonyl (C=O) groups excluding carboxylic acids is 1. The van der Waals surface area contributed by atoms with Gasteiger partial charge in [0.2, 0.25) is 0 Å². The quantitative estimate of drug-likeness (QED) is 0.743. The van der Waals surface area contributed by atoms with E-state index in [1.807, 2.05) is 0 Å². The van der Waals surface area contributed by atoms with Gasteiger partial charge in [0.25, 0.3) is 0 Å². The van der Waals surface area contributed by atoms with E-state index >= 15 is 0 Å². The molecule has 8 atom stereocenters. The van der Waals surface area contributed by atoms with Gasteiger partial charge in [0.1, 0.15) is 12.1 Å². The smallest absolute Gasteiger partial charge is 0.162 e. The maximum Gasteiger partial charge on any atom is 0.162 e. The molecular weight excluding hydrogens is 400 g/mol. The van der Waals surface area contributed by atoms with E-state index in [1.54, 1.807) is 0 Å². The van der Waals surface area contributed by atoms with Gasteiger partial charge in [-0.1, -0.05) is 12.8 Å². The summed E-state index contributed by atoms with van der Waals surface area (Å²) in [5.41, 5.74) is -0.787. The molecule has 0 spiro atoms. The minimum atomic E-state index is -0.890. The molecule has 4 fully saturated rings. The van der Waals surface area contributed by atoms with Gasteiger partial charge in [-0.2, -0.15) is 4.80 Å². The molecule has 4 saturated carbocycles. The van der Waals surface area contributed by atoms with Crippen LogP contribution in [0.4, 0.5) is 0 Å². The number of nitrogens with zero attached hydrogens (tertiary/aromatic N) is 4. The number of tetrazole rings is 1. The molecule has 0 radical (unpaired) electrons. The fourth-order valence-corrected chi connectivity index (χ4v) is 8.30. The molecule has 4 aliphatic rings. The van der Waals surface area contributed by atoms with Crippen LogP contribution >= 0.6 is 11.6 Å². The minimum Gasteiger partial charge on any atom is -0.378 e. The molecule has 0 aliphatic heterocycles. The summed E-state index contributed by atoms with van der Waals surface area (Å²) in [5.74, 6) is 6.59. The number of ketones is 1. The topological polar surface area (TPSA) is 80.9 Å².